The van der Waals surface area contributed by atoms with E-state index in [0.717, 1.165) is 0 Å². The summed E-state index contributed by atoms with van der Waals surface area (Å²) in [6, 6.07) is 1.41. The molecule has 0 atom stereocenters. The highest BCUT2D eigenvalue weighted by molar-refractivity contribution is 5.95. The van der Waals surface area contributed by atoms with Crippen molar-refractivity contribution < 1.29 is 4.79 Å². The van der Waals surface area contributed by atoms with Gasteiger partial charge < -0.3 is 9.88 Å². The Kier molecular flexibility index (Phi) is 3.43. The number of aryl methyl sites for hydroxylation is 3. The van der Waals surface area contributed by atoms with Crippen molar-refractivity contribution in [3.8, 4) is 0 Å². The Morgan fingerprint density at radius 2 is 1.91 bits per heavy atom. The molecule has 0 saturated carbocycles. The summed E-state index contributed by atoms with van der Waals surface area (Å²) >= 11 is 0. The third-order valence-corrected chi connectivity index (χ3v) is 4.24. The number of nitrogens with one attached hydrogen (secondary N) is 1. The van der Waals surface area contributed by atoms with Gasteiger partial charge in [-0.25, -0.2) is 4.98 Å². The van der Waals surface area contributed by atoms with E-state index < -0.39 is 0 Å². The molecule has 0 saturated heterocycles. The molecular formula is C16H18N4O3. The van der Waals surface area contributed by atoms with Gasteiger partial charge in [0.15, 0.2) is 5.43 Å². The fourth-order valence-corrected chi connectivity index (χ4v) is 2.94. The molecule has 0 aromatic carbocycles. The van der Waals surface area contributed by atoms with Crippen LogP contribution in [0.25, 0.3) is 0 Å². The van der Waals surface area contributed by atoms with Gasteiger partial charge in [0.1, 0.15) is 11.4 Å². The van der Waals surface area contributed by atoms with Gasteiger partial charge >= 0.3 is 0 Å². The number of fused-ring (bicyclic) bond motifs is 1. The first-order valence-corrected chi connectivity index (χ1v) is 7.34. The zero-order chi connectivity index (χ0) is 16.9. The molecule has 0 aliphatic carbocycles. The fourth-order valence-electron chi connectivity index (χ4n) is 2.94. The largest absolute Gasteiger partial charge is 0.362 e. The van der Waals surface area contributed by atoms with Crippen LogP contribution in [0, 0.1) is 20.8 Å². The number of nitrogens with zero attached hydrogens (tertiary/aromatic N) is 3. The van der Waals surface area contributed by atoms with E-state index >= 15 is 0 Å². The quantitative estimate of drug-likeness (QED) is 0.832. The summed E-state index contributed by atoms with van der Waals surface area (Å²) in [5.41, 5.74) is 2.05. The van der Waals surface area contributed by atoms with E-state index in [-0.39, 0.29) is 35.5 Å². The number of hydrogen-bond acceptors (Lipinski definition) is 4. The van der Waals surface area contributed by atoms with Gasteiger partial charge in [0.05, 0.1) is 24.3 Å². The first kappa shape index (κ1) is 15.2. The maximum Gasteiger partial charge on any atom is 0.260 e. The number of pyridine rings is 1. The molecule has 1 aliphatic heterocycles. The normalized spacial score (nSPS) is 13.3. The number of H-pyrrole nitrogens is 1. The van der Waals surface area contributed by atoms with Gasteiger partial charge in [0, 0.05) is 24.5 Å². The van der Waals surface area contributed by atoms with E-state index in [9.17, 15) is 14.4 Å². The maximum absolute atomic E-state index is 12.7. The zero-order valence-electron chi connectivity index (χ0n) is 13.6. The predicted molar refractivity (Wildman–Crippen MR) is 84.3 cm³/mol. The van der Waals surface area contributed by atoms with Gasteiger partial charge in [-0.3, -0.25) is 19.0 Å². The topological polar surface area (TPSA) is 88.1 Å². The van der Waals surface area contributed by atoms with E-state index in [1.165, 1.54) is 15.5 Å². The second-order valence-corrected chi connectivity index (χ2v) is 5.93. The van der Waals surface area contributed by atoms with Crippen molar-refractivity contribution in [2.45, 2.75) is 33.9 Å². The Morgan fingerprint density at radius 3 is 2.57 bits per heavy atom. The van der Waals surface area contributed by atoms with Crippen LogP contribution in [0.1, 0.15) is 38.8 Å². The Balaban J connectivity index is 2.00. The number of rotatable bonds is 1. The van der Waals surface area contributed by atoms with Gasteiger partial charge in [-0.15, -0.1) is 0 Å². The number of aromatic nitrogens is 3. The van der Waals surface area contributed by atoms with Gasteiger partial charge in [0.2, 0.25) is 0 Å². The summed E-state index contributed by atoms with van der Waals surface area (Å²) in [7, 11) is 1.66. The Morgan fingerprint density at radius 1 is 1.22 bits per heavy atom. The van der Waals surface area contributed by atoms with Crippen LogP contribution in [-0.4, -0.2) is 25.3 Å². The van der Waals surface area contributed by atoms with Crippen molar-refractivity contribution in [2.75, 3.05) is 0 Å². The molecular weight excluding hydrogens is 296 g/mol. The first-order valence-electron chi connectivity index (χ1n) is 7.34. The molecule has 1 N–H and O–H groups in total. The molecule has 0 bridgehead atoms. The number of aromatic amines is 1. The maximum atomic E-state index is 12.7. The highest BCUT2D eigenvalue weighted by Gasteiger charge is 2.30. The van der Waals surface area contributed by atoms with Crippen molar-refractivity contribution in [1.29, 1.82) is 0 Å². The molecule has 7 nitrogen and oxygen atoms in total. The number of hydrogen-bond donors (Lipinski definition) is 1. The molecule has 1 aliphatic rings. The lowest BCUT2D eigenvalue weighted by Gasteiger charge is -2.16. The molecule has 7 heteroatoms. The Bertz CT molecular complexity index is 940. The molecule has 0 unspecified atom stereocenters. The van der Waals surface area contributed by atoms with Crippen molar-refractivity contribution in [2.24, 2.45) is 7.05 Å². The van der Waals surface area contributed by atoms with E-state index in [4.69, 9.17) is 0 Å². The fraction of sp³-hybridized carbons (Fsp3) is 0.375. The second-order valence-electron chi connectivity index (χ2n) is 5.93. The van der Waals surface area contributed by atoms with Gasteiger partial charge in [-0.05, 0) is 20.8 Å². The van der Waals surface area contributed by atoms with Crippen LogP contribution in [0.4, 0.5) is 0 Å². The van der Waals surface area contributed by atoms with Crippen molar-refractivity contribution >= 4 is 5.91 Å². The molecule has 0 spiro atoms. The molecule has 3 heterocycles. The lowest BCUT2D eigenvalue weighted by atomic mass is 10.1. The molecule has 23 heavy (non-hydrogen) atoms. The molecule has 3 rings (SSSR count). The van der Waals surface area contributed by atoms with E-state index in [0.29, 0.717) is 28.5 Å². The van der Waals surface area contributed by atoms with Gasteiger partial charge in [-0.1, -0.05) is 0 Å². The third-order valence-electron chi connectivity index (χ3n) is 4.24. The van der Waals surface area contributed by atoms with Gasteiger partial charge in [-0.2, -0.15) is 0 Å². The van der Waals surface area contributed by atoms with E-state index in [1.54, 1.807) is 27.8 Å². The molecule has 120 valence electrons. The van der Waals surface area contributed by atoms with Crippen molar-refractivity contribution in [3.63, 3.8) is 0 Å². The average molecular weight is 314 g/mol. The van der Waals surface area contributed by atoms with E-state index in [1.807, 2.05) is 0 Å². The molecule has 2 aromatic rings. The summed E-state index contributed by atoms with van der Waals surface area (Å²) in [6.45, 7) is 5.65. The molecule has 0 fully saturated rings. The zero-order valence-corrected chi connectivity index (χ0v) is 13.6. The minimum atomic E-state index is -0.374. The highest BCUT2D eigenvalue weighted by Crippen LogP contribution is 2.20. The van der Waals surface area contributed by atoms with Crippen molar-refractivity contribution in [3.05, 3.63) is 60.7 Å². The highest BCUT2D eigenvalue weighted by atomic mass is 16.2. The number of amides is 1. The first-order chi connectivity index (χ1) is 10.8. The lowest BCUT2D eigenvalue weighted by molar-refractivity contribution is 0.0747. The Hall–Kier alpha value is -2.70. The molecule has 2 aromatic heterocycles. The number of carbonyl (C=O) groups excluding carboxylic acids is 1. The van der Waals surface area contributed by atoms with Gasteiger partial charge in [0.25, 0.3) is 11.5 Å². The molecule has 0 radical (unpaired) electrons. The summed E-state index contributed by atoms with van der Waals surface area (Å²) in [5.74, 6) is 0.230. The SMILES string of the molecule is Cc1cc(=O)c(C(=O)N2Cc3nc(C)n(C)c(=O)c3C2)c(C)[nH]1. The minimum absolute atomic E-state index is 0.122. The van der Waals surface area contributed by atoms with E-state index in [2.05, 4.69) is 9.97 Å². The smallest absolute Gasteiger partial charge is 0.260 e. The third kappa shape index (κ3) is 2.38. The summed E-state index contributed by atoms with van der Waals surface area (Å²) in [6.07, 6.45) is 0. The standard InChI is InChI=1S/C16H18N4O3/c1-8-5-13(21)14(9(2)17-8)16(23)20-6-11-12(7-20)18-10(3)19(4)15(11)22/h5H,6-7H2,1-4H3,(H,17,21). The van der Waals surface area contributed by atoms with Crippen LogP contribution < -0.4 is 11.0 Å². The Labute approximate surface area is 132 Å². The lowest BCUT2D eigenvalue weighted by Crippen LogP contribution is -2.32. The van der Waals surface area contributed by atoms with Crippen LogP contribution in [0.15, 0.2) is 15.7 Å². The summed E-state index contributed by atoms with van der Waals surface area (Å²) in [5, 5.41) is 0. The van der Waals surface area contributed by atoms with Crippen LogP contribution >= 0.6 is 0 Å². The van der Waals surface area contributed by atoms with Crippen LogP contribution in [-0.2, 0) is 20.1 Å². The second kappa shape index (κ2) is 5.19. The molecule has 1 amide bonds. The average Bonchev–Trinajstić information content (AvgIpc) is 2.87. The minimum Gasteiger partial charge on any atom is -0.362 e. The van der Waals surface area contributed by atoms with Crippen LogP contribution in [0.3, 0.4) is 0 Å². The predicted octanol–water partition coefficient (Wildman–Crippen LogP) is 0.550. The van der Waals surface area contributed by atoms with Crippen LogP contribution in [0.5, 0.6) is 0 Å². The monoisotopic (exact) mass is 314 g/mol. The summed E-state index contributed by atoms with van der Waals surface area (Å²) < 4.78 is 1.47. The summed E-state index contributed by atoms with van der Waals surface area (Å²) in [4.78, 5) is 46.0. The van der Waals surface area contributed by atoms with Crippen LogP contribution in [0.2, 0.25) is 0 Å². The number of carbonyl (C=O) groups is 1. The van der Waals surface area contributed by atoms with Crippen molar-refractivity contribution in [1.82, 2.24) is 19.4 Å².